The lowest BCUT2D eigenvalue weighted by molar-refractivity contribution is -0.118. The van der Waals surface area contributed by atoms with Crippen molar-refractivity contribution in [2.45, 2.75) is 19.3 Å². The number of para-hydroxylation sites is 1. The summed E-state index contributed by atoms with van der Waals surface area (Å²) in [6.07, 6.45) is 0.731. The van der Waals surface area contributed by atoms with Crippen LogP contribution < -0.4 is 10.2 Å². The quantitative estimate of drug-likeness (QED) is 0.713. The number of carbonyl (C=O) groups excluding carboxylic acids is 2. The number of benzene rings is 2. The molecule has 7 heteroatoms. The lowest BCUT2D eigenvalue weighted by atomic mass is 10.1. The number of hydrogen-bond donors (Lipinski definition) is 2. The summed E-state index contributed by atoms with van der Waals surface area (Å²) in [6.45, 7) is 0. The summed E-state index contributed by atoms with van der Waals surface area (Å²) in [6, 6.07) is 13.9. The fourth-order valence-corrected chi connectivity index (χ4v) is 2.74. The van der Waals surface area contributed by atoms with Gasteiger partial charge in [-0.1, -0.05) is 34.1 Å². The van der Waals surface area contributed by atoms with Crippen LogP contribution in [0.1, 0.15) is 29.6 Å². The van der Waals surface area contributed by atoms with E-state index in [2.05, 4.69) is 21.2 Å². The number of amides is 2. The molecule has 2 rings (SSSR count). The Balaban J connectivity index is 1.86. The van der Waals surface area contributed by atoms with Crippen LogP contribution in [0.15, 0.2) is 53.0 Å². The molecule has 0 saturated heterocycles. The molecule has 26 heavy (non-hydrogen) atoms. The number of nitrogens with one attached hydrogen (secondary N) is 1. The summed E-state index contributed by atoms with van der Waals surface area (Å²) in [5.41, 5.74) is 1.04. The third-order valence-electron chi connectivity index (χ3n) is 3.80. The molecule has 0 radical (unpaired) electrons. The number of carbonyl (C=O) groups is 3. The molecule has 2 aromatic rings. The third-order valence-corrected chi connectivity index (χ3v) is 4.29. The second-order valence-electron chi connectivity index (χ2n) is 5.69. The average Bonchev–Trinajstić information content (AvgIpc) is 2.63. The summed E-state index contributed by atoms with van der Waals surface area (Å²) in [5.74, 6) is -1.54. The summed E-state index contributed by atoms with van der Waals surface area (Å²) in [4.78, 5) is 37.0. The molecule has 0 heterocycles. The fraction of sp³-hybridized carbons (Fsp3) is 0.211. The van der Waals surface area contributed by atoms with Crippen molar-refractivity contribution < 1.29 is 19.5 Å². The highest BCUT2D eigenvalue weighted by Crippen LogP contribution is 2.21. The van der Waals surface area contributed by atoms with Gasteiger partial charge in [0.05, 0.1) is 11.3 Å². The maximum atomic E-state index is 12.2. The number of anilines is 2. The monoisotopic (exact) mass is 418 g/mol. The van der Waals surface area contributed by atoms with Crippen LogP contribution in [-0.2, 0) is 9.59 Å². The molecule has 0 aliphatic heterocycles. The number of nitrogens with zero attached hydrogens (tertiary/aromatic N) is 1. The van der Waals surface area contributed by atoms with E-state index >= 15 is 0 Å². The van der Waals surface area contributed by atoms with Crippen LogP contribution in [0.2, 0.25) is 0 Å². The van der Waals surface area contributed by atoms with E-state index in [1.807, 2.05) is 30.3 Å². The van der Waals surface area contributed by atoms with Gasteiger partial charge in [-0.05, 0) is 36.8 Å². The molecular formula is C19H19BrN2O4. The molecule has 136 valence electrons. The highest BCUT2D eigenvalue weighted by atomic mass is 79.9. The van der Waals surface area contributed by atoms with Crippen LogP contribution in [0.4, 0.5) is 11.4 Å². The standard InChI is InChI=1S/C19H19BrN2O4/c1-22(14-6-3-2-4-7-14)18(24)9-5-8-17(23)21-16-11-10-13(20)12-15(16)19(25)26/h2-4,6-7,10-12H,5,8-9H2,1H3,(H,21,23)(H,25,26). The molecule has 2 N–H and O–H groups in total. The van der Waals surface area contributed by atoms with Gasteiger partial charge in [-0.3, -0.25) is 9.59 Å². The number of carboxylic acid groups (broad SMARTS) is 1. The average molecular weight is 419 g/mol. The molecule has 0 aromatic heterocycles. The van der Waals surface area contributed by atoms with E-state index in [0.29, 0.717) is 10.9 Å². The summed E-state index contributed by atoms with van der Waals surface area (Å²) in [5, 5.41) is 11.8. The highest BCUT2D eigenvalue weighted by Gasteiger charge is 2.14. The Bertz CT molecular complexity index is 808. The SMILES string of the molecule is CN(C(=O)CCCC(=O)Nc1ccc(Br)cc1C(=O)O)c1ccccc1. The number of halogens is 1. The van der Waals surface area contributed by atoms with Crippen LogP contribution >= 0.6 is 15.9 Å². The number of aromatic carboxylic acids is 1. The maximum Gasteiger partial charge on any atom is 0.337 e. The molecule has 0 aliphatic rings. The van der Waals surface area contributed by atoms with Gasteiger partial charge in [-0.25, -0.2) is 4.79 Å². The van der Waals surface area contributed by atoms with Crippen LogP contribution in [-0.4, -0.2) is 29.9 Å². The van der Waals surface area contributed by atoms with Gasteiger partial charge in [0.2, 0.25) is 11.8 Å². The van der Waals surface area contributed by atoms with Gasteiger partial charge in [0, 0.05) is 30.0 Å². The predicted octanol–water partition coefficient (Wildman–Crippen LogP) is 3.92. The van der Waals surface area contributed by atoms with Crippen molar-refractivity contribution in [3.8, 4) is 0 Å². The Hall–Kier alpha value is -2.67. The van der Waals surface area contributed by atoms with E-state index in [1.165, 1.54) is 12.1 Å². The first kappa shape index (κ1) is 19.7. The normalized spacial score (nSPS) is 10.2. The van der Waals surface area contributed by atoms with Gasteiger partial charge >= 0.3 is 5.97 Å². The molecule has 6 nitrogen and oxygen atoms in total. The van der Waals surface area contributed by atoms with Crippen LogP contribution in [0.3, 0.4) is 0 Å². The van der Waals surface area contributed by atoms with Gasteiger partial charge in [0.1, 0.15) is 0 Å². The van der Waals surface area contributed by atoms with Crippen LogP contribution in [0, 0.1) is 0 Å². The third kappa shape index (κ3) is 5.42. The summed E-state index contributed by atoms with van der Waals surface area (Å²) in [7, 11) is 1.69. The van der Waals surface area contributed by atoms with Crippen LogP contribution in [0.5, 0.6) is 0 Å². The molecule has 2 aromatic carbocycles. The van der Waals surface area contributed by atoms with E-state index in [9.17, 15) is 19.5 Å². The first-order valence-corrected chi connectivity index (χ1v) is 8.82. The molecule has 0 bridgehead atoms. The first-order valence-electron chi connectivity index (χ1n) is 8.03. The zero-order valence-electron chi connectivity index (χ0n) is 14.2. The maximum absolute atomic E-state index is 12.2. The Morgan fingerprint density at radius 1 is 1.08 bits per heavy atom. The van der Waals surface area contributed by atoms with E-state index < -0.39 is 5.97 Å². The van der Waals surface area contributed by atoms with Crippen molar-refractivity contribution in [2.75, 3.05) is 17.3 Å². The van der Waals surface area contributed by atoms with Gasteiger partial charge < -0.3 is 15.3 Å². The largest absolute Gasteiger partial charge is 0.478 e. The van der Waals surface area contributed by atoms with Gasteiger partial charge in [0.15, 0.2) is 0 Å². The number of rotatable bonds is 7. The lowest BCUT2D eigenvalue weighted by Crippen LogP contribution is -2.26. The van der Waals surface area contributed by atoms with Crippen molar-refractivity contribution in [1.82, 2.24) is 0 Å². The van der Waals surface area contributed by atoms with Crippen molar-refractivity contribution in [3.63, 3.8) is 0 Å². The predicted molar refractivity (Wildman–Crippen MR) is 103 cm³/mol. The van der Waals surface area contributed by atoms with Gasteiger partial charge in [0.25, 0.3) is 0 Å². The topological polar surface area (TPSA) is 86.7 Å². The van der Waals surface area contributed by atoms with Gasteiger partial charge in [-0.15, -0.1) is 0 Å². The van der Waals surface area contributed by atoms with E-state index in [0.717, 1.165) is 5.69 Å². The summed E-state index contributed by atoms with van der Waals surface area (Å²) < 4.78 is 0.613. The van der Waals surface area contributed by atoms with Crippen LogP contribution in [0.25, 0.3) is 0 Å². The number of carboxylic acids is 1. The molecule has 0 aliphatic carbocycles. The second-order valence-corrected chi connectivity index (χ2v) is 6.60. The Morgan fingerprint density at radius 3 is 2.42 bits per heavy atom. The lowest BCUT2D eigenvalue weighted by Gasteiger charge is -2.17. The minimum atomic E-state index is -1.12. The molecule has 2 amide bonds. The van der Waals surface area contributed by atoms with Crippen molar-refractivity contribution in [2.24, 2.45) is 0 Å². The fourth-order valence-electron chi connectivity index (χ4n) is 2.38. The Labute approximate surface area is 159 Å². The molecule has 0 saturated carbocycles. The van der Waals surface area contributed by atoms with Crippen molar-refractivity contribution in [3.05, 3.63) is 58.6 Å². The van der Waals surface area contributed by atoms with E-state index in [4.69, 9.17) is 0 Å². The van der Waals surface area contributed by atoms with E-state index in [-0.39, 0.29) is 35.9 Å². The minimum absolute atomic E-state index is 0.00705. The smallest absolute Gasteiger partial charge is 0.337 e. The molecule has 0 atom stereocenters. The molecular weight excluding hydrogens is 400 g/mol. The Kier molecular flexibility index (Phi) is 6.91. The molecule has 0 unspecified atom stereocenters. The number of hydrogen-bond acceptors (Lipinski definition) is 3. The van der Waals surface area contributed by atoms with Crippen molar-refractivity contribution in [1.29, 1.82) is 0 Å². The highest BCUT2D eigenvalue weighted by molar-refractivity contribution is 9.10. The summed E-state index contributed by atoms with van der Waals surface area (Å²) >= 11 is 3.20. The zero-order chi connectivity index (χ0) is 19.1. The second kappa shape index (κ2) is 9.15. The molecule has 0 spiro atoms. The Morgan fingerprint density at radius 2 is 1.77 bits per heavy atom. The van der Waals surface area contributed by atoms with E-state index in [1.54, 1.807) is 18.0 Å². The van der Waals surface area contributed by atoms with Crippen molar-refractivity contribution >= 4 is 45.1 Å². The van der Waals surface area contributed by atoms with Gasteiger partial charge in [-0.2, -0.15) is 0 Å². The molecule has 0 fully saturated rings. The minimum Gasteiger partial charge on any atom is -0.478 e. The zero-order valence-corrected chi connectivity index (χ0v) is 15.8. The first-order chi connectivity index (χ1) is 12.4.